The molecule has 0 aliphatic carbocycles. The van der Waals surface area contributed by atoms with E-state index in [1.807, 2.05) is 31.2 Å². The zero-order valence-corrected chi connectivity index (χ0v) is 12.8. The number of hydrogen-bond acceptors (Lipinski definition) is 4. The molecule has 0 atom stereocenters. The second-order valence-electron chi connectivity index (χ2n) is 5.19. The van der Waals surface area contributed by atoms with Crippen molar-refractivity contribution in [3.05, 3.63) is 59.8 Å². The van der Waals surface area contributed by atoms with Gasteiger partial charge in [-0.2, -0.15) is 0 Å². The maximum Gasteiger partial charge on any atom is 0.254 e. The summed E-state index contributed by atoms with van der Waals surface area (Å²) in [5, 5.41) is 13.1. The molecular formula is C18H16N2O3. The first-order valence-electron chi connectivity index (χ1n) is 7.17. The van der Waals surface area contributed by atoms with Crippen molar-refractivity contribution in [1.82, 2.24) is 10.3 Å². The second kappa shape index (κ2) is 5.96. The maximum atomic E-state index is 11.9. The largest absolute Gasteiger partial charge is 0.507 e. The number of carbonyl (C=O) groups excluding carboxylic acids is 1. The molecule has 3 rings (SSSR count). The van der Waals surface area contributed by atoms with Gasteiger partial charge in [-0.05, 0) is 31.2 Å². The number of carbonyl (C=O) groups is 1. The third-order valence-electron chi connectivity index (χ3n) is 3.54. The van der Waals surface area contributed by atoms with Gasteiger partial charge in [0.25, 0.3) is 5.91 Å². The van der Waals surface area contributed by atoms with Crippen LogP contribution in [0.2, 0.25) is 0 Å². The molecule has 0 bridgehead atoms. The van der Waals surface area contributed by atoms with Crippen LogP contribution in [-0.4, -0.2) is 23.0 Å². The molecule has 0 aliphatic heterocycles. The van der Waals surface area contributed by atoms with E-state index >= 15 is 0 Å². The van der Waals surface area contributed by atoms with Crippen LogP contribution in [0.1, 0.15) is 15.9 Å². The molecule has 5 heteroatoms. The predicted octanol–water partition coefficient (Wildman–Crippen LogP) is 3.40. The summed E-state index contributed by atoms with van der Waals surface area (Å²) in [7, 11) is 1.51. The van der Waals surface area contributed by atoms with Gasteiger partial charge < -0.3 is 15.2 Å². The number of aryl methyl sites for hydroxylation is 1. The minimum atomic E-state index is -0.366. The molecule has 5 nitrogen and oxygen atoms in total. The number of ether oxygens (including phenoxy) is 1. The van der Waals surface area contributed by atoms with E-state index in [1.165, 1.54) is 13.1 Å². The molecule has 0 fully saturated rings. The molecule has 0 unspecified atom stereocenters. The summed E-state index contributed by atoms with van der Waals surface area (Å²) >= 11 is 0. The van der Waals surface area contributed by atoms with Crippen LogP contribution < -0.4 is 10.1 Å². The van der Waals surface area contributed by atoms with Gasteiger partial charge in [0.1, 0.15) is 17.2 Å². The van der Waals surface area contributed by atoms with Crippen LogP contribution in [0.5, 0.6) is 17.2 Å². The van der Waals surface area contributed by atoms with Gasteiger partial charge in [0.2, 0.25) is 0 Å². The van der Waals surface area contributed by atoms with Gasteiger partial charge in [-0.25, -0.2) is 0 Å². The number of aromatic nitrogens is 1. The van der Waals surface area contributed by atoms with E-state index in [0.29, 0.717) is 22.4 Å². The van der Waals surface area contributed by atoms with Crippen molar-refractivity contribution in [2.24, 2.45) is 0 Å². The van der Waals surface area contributed by atoms with Crippen LogP contribution in [0.25, 0.3) is 10.9 Å². The number of nitrogens with zero attached hydrogens (tertiary/aromatic N) is 1. The third kappa shape index (κ3) is 2.94. The fourth-order valence-corrected chi connectivity index (χ4v) is 2.30. The summed E-state index contributed by atoms with van der Waals surface area (Å²) in [5.74, 6) is 0.785. The van der Waals surface area contributed by atoms with Gasteiger partial charge in [0.05, 0.1) is 11.1 Å². The molecule has 1 heterocycles. The molecule has 1 aromatic heterocycles. The van der Waals surface area contributed by atoms with Crippen molar-refractivity contribution >= 4 is 16.8 Å². The lowest BCUT2D eigenvalue weighted by Gasteiger charge is -2.11. The molecule has 116 valence electrons. The number of amides is 1. The Morgan fingerprint density at radius 1 is 1.17 bits per heavy atom. The number of rotatable bonds is 3. The lowest BCUT2D eigenvalue weighted by atomic mass is 10.1. The third-order valence-corrected chi connectivity index (χ3v) is 3.54. The maximum absolute atomic E-state index is 11.9. The van der Waals surface area contributed by atoms with Gasteiger partial charge in [-0.3, -0.25) is 9.78 Å². The van der Waals surface area contributed by atoms with Gasteiger partial charge in [-0.15, -0.1) is 0 Å². The van der Waals surface area contributed by atoms with E-state index < -0.39 is 0 Å². The number of hydrogen-bond donors (Lipinski definition) is 2. The first-order valence-corrected chi connectivity index (χ1v) is 7.17. The number of pyridine rings is 1. The van der Waals surface area contributed by atoms with E-state index in [0.717, 1.165) is 5.56 Å². The second-order valence-corrected chi connectivity index (χ2v) is 5.19. The quantitative estimate of drug-likeness (QED) is 0.778. The van der Waals surface area contributed by atoms with Crippen LogP contribution in [-0.2, 0) is 0 Å². The van der Waals surface area contributed by atoms with Gasteiger partial charge >= 0.3 is 0 Å². The van der Waals surface area contributed by atoms with Crippen LogP contribution in [0.15, 0.2) is 48.7 Å². The monoisotopic (exact) mass is 308 g/mol. The normalized spacial score (nSPS) is 10.5. The lowest BCUT2D eigenvalue weighted by molar-refractivity contribution is 0.0960. The molecule has 0 spiro atoms. The number of benzene rings is 2. The van der Waals surface area contributed by atoms with Crippen LogP contribution in [0.3, 0.4) is 0 Å². The van der Waals surface area contributed by atoms with Crippen molar-refractivity contribution in [1.29, 1.82) is 0 Å². The highest BCUT2D eigenvalue weighted by Gasteiger charge is 2.14. The number of phenolic OH excluding ortho intramolecular Hbond substituents is 1. The average molecular weight is 308 g/mol. The molecule has 3 aromatic rings. The minimum absolute atomic E-state index is 0.114. The Balaban J connectivity index is 2.09. The first-order chi connectivity index (χ1) is 11.1. The predicted molar refractivity (Wildman–Crippen MR) is 88.1 cm³/mol. The summed E-state index contributed by atoms with van der Waals surface area (Å²) < 4.78 is 5.90. The van der Waals surface area contributed by atoms with E-state index in [1.54, 1.807) is 18.3 Å². The Morgan fingerprint density at radius 3 is 2.61 bits per heavy atom. The number of fused-ring (bicyclic) bond motifs is 1. The summed E-state index contributed by atoms with van der Waals surface area (Å²) in [6.45, 7) is 2.00. The molecule has 1 amide bonds. The average Bonchev–Trinajstić information content (AvgIpc) is 2.56. The fourth-order valence-electron chi connectivity index (χ4n) is 2.30. The number of nitrogens with one attached hydrogen (secondary N) is 1. The zero-order valence-electron chi connectivity index (χ0n) is 12.8. The molecule has 0 saturated heterocycles. The highest BCUT2D eigenvalue weighted by molar-refractivity contribution is 6.01. The summed E-state index contributed by atoms with van der Waals surface area (Å²) in [4.78, 5) is 16.1. The Morgan fingerprint density at radius 2 is 1.91 bits per heavy atom. The fraction of sp³-hybridized carbons (Fsp3) is 0.111. The molecular weight excluding hydrogens is 292 g/mol. The van der Waals surface area contributed by atoms with E-state index in [-0.39, 0.29) is 17.2 Å². The molecule has 0 radical (unpaired) electrons. The van der Waals surface area contributed by atoms with Crippen molar-refractivity contribution < 1.29 is 14.6 Å². The SMILES string of the molecule is CNC(=O)c1cc2c(Oc3ccc(C)cc3)ccnc2cc1O. The minimum Gasteiger partial charge on any atom is -0.507 e. The van der Waals surface area contributed by atoms with Gasteiger partial charge in [-0.1, -0.05) is 17.7 Å². The van der Waals surface area contributed by atoms with Crippen LogP contribution in [0, 0.1) is 6.92 Å². The summed E-state index contributed by atoms with van der Waals surface area (Å²) in [6, 6.07) is 12.4. The van der Waals surface area contributed by atoms with Crippen molar-refractivity contribution in [2.75, 3.05) is 7.05 Å². The molecule has 2 aromatic carbocycles. The standard InChI is InChI=1S/C18H16N2O3/c1-11-3-5-12(6-4-11)23-17-7-8-20-15-10-16(21)14(9-13(15)17)18(22)19-2/h3-10,21H,1-2H3,(H,19,22). The molecule has 2 N–H and O–H groups in total. The van der Waals surface area contributed by atoms with Gasteiger partial charge in [0.15, 0.2) is 0 Å². The van der Waals surface area contributed by atoms with E-state index in [2.05, 4.69) is 10.3 Å². The number of aromatic hydroxyl groups is 1. The van der Waals surface area contributed by atoms with E-state index in [4.69, 9.17) is 4.74 Å². The van der Waals surface area contributed by atoms with E-state index in [9.17, 15) is 9.90 Å². The van der Waals surface area contributed by atoms with Crippen LogP contribution >= 0.6 is 0 Å². The smallest absolute Gasteiger partial charge is 0.254 e. The number of phenols is 1. The summed E-state index contributed by atoms with van der Waals surface area (Å²) in [5.41, 5.74) is 1.88. The highest BCUT2D eigenvalue weighted by Crippen LogP contribution is 2.32. The van der Waals surface area contributed by atoms with Crippen LogP contribution in [0.4, 0.5) is 0 Å². The Labute approximate surface area is 133 Å². The zero-order chi connectivity index (χ0) is 16.4. The van der Waals surface area contributed by atoms with Crippen molar-refractivity contribution in [3.8, 4) is 17.2 Å². The molecule has 0 saturated carbocycles. The molecule has 0 aliphatic rings. The Bertz CT molecular complexity index is 873. The Hall–Kier alpha value is -3.08. The Kier molecular flexibility index (Phi) is 3.85. The first kappa shape index (κ1) is 14.8. The van der Waals surface area contributed by atoms with Gasteiger partial charge in [0, 0.05) is 24.7 Å². The lowest BCUT2D eigenvalue weighted by Crippen LogP contribution is -2.17. The molecule has 23 heavy (non-hydrogen) atoms. The topological polar surface area (TPSA) is 71.5 Å². The summed E-state index contributed by atoms with van der Waals surface area (Å²) in [6.07, 6.45) is 1.60. The van der Waals surface area contributed by atoms with Crippen molar-refractivity contribution in [2.45, 2.75) is 6.92 Å². The van der Waals surface area contributed by atoms with Crippen molar-refractivity contribution in [3.63, 3.8) is 0 Å². The highest BCUT2D eigenvalue weighted by atomic mass is 16.5.